The largest absolute Gasteiger partial charge is 0.339 e. The third-order valence-corrected chi connectivity index (χ3v) is 5.84. The van der Waals surface area contributed by atoms with Crippen molar-refractivity contribution >= 4 is 35.2 Å². The summed E-state index contributed by atoms with van der Waals surface area (Å²) in [5.41, 5.74) is 2.41. The average molecular weight is 429 g/mol. The summed E-state index contributed by atoms with van der Waals surface area (Å²) >= 11 is 6.43. The molecule has 0 spiro atoms. The summed E-state index contributed by atoms with van der Waals surface area (Å²) in [5.74, 6) is -0.119. The van der Waals surface area contributed by atoms with Crippen LogP contribution in [0.4, 0.5) is 5.69 Å². The Kier molecular flexibility index (Phi) is 7.69. The molecule has 2 heterocycles. The number of benzene rings is 1. The molecule has 0 radical (unpaired) electrons. The van der Waals surface area contributed by atoms with Gasteiger partial charge in [0, 0.05) is 42.9 Å². The number of halogens is 1. The van der Waals surface area contributed by atoms with Crippen molar-refractivity contribution in [3.63, 3.8) is 0 Å². The highest BCUT2D eigenvalue weighted by molar-refractivity contribution is 6.31. The predicted octanol–water partition coefficient (Wildman–Crippen LogP) is 4.54. The molecular weight excluding hydrogens is 400 g/mol. The number of para-hydroxylation sites is 1. The quantitative estimate of drug-likeness (QED) is 0.658. The van der Waals surface area contributed by atoms with Gasteiger partial charge in [-0.3, -0.25) is 14.3 Å². The molecule has 0 unspecified atom stereocenters. The van der Waals surface area contributed by atoms with Crippen molar-refractivity contribution in [2.75, 3.05) is 18.4 Å². The number of anilines is 1. The fourth-order valence-electron chi connectivity index (χ4n) is 3.60. The number of rotatable bonds is 7. The molecule has 3 rings (SSSR count). The van der Waals surface area contributed by atoms with E-state index < -0.39 is 0 Å². The minimum atomic E-state index is -0.0771. The second-order valence-electron chi connectivity index (χ2n) is 7.65. The molecule has 1 N–H and O–H groups in total. The summed E-state index contributed by atoms with van der Waals surface area (Å²) in [7, 11) is 0. The lowest BCUT2D eigenvalue weighted by molar-refractivity contribution is -0.130. The molecule has 1 aromatic heterocycles. The lowest BCUT2D eigenvalue weighted by atomic mass is 9.95. The van der Waals surface area contributed by atoms with Crippen LogP contribution in [0.3, 0.4) is 0 Å². The van der Waals surface area contributed by atoms with Gasteiger partial charge < -0.3 is 10.2 Å². The van der Waals surface area contributed by atoms with Gasteiger partial charge in [-0.25, -0.2) is 0 Å². The Labute approximate surface area is 182 Å². The van der Waals surface area contributed by atoms with Crippen molar-refractivity contribution < 1.29 is 9.59 Å². The van der Waals surface area contributed by atoms with Crippen LogP contribution in [0.15, 0.2) is 36.4 Å². The third kappa shape index (κ3) is 5.51. The smallest absolute Gasteiger partial charge is 0.246 e. The van der Waals surface area contributed by atoms with Crippen LogP contribution in [0.5, 0.6) is 0 Å². The number of carbonyl (C=O) groups excluding carboxylic acids is 2. The van der Waals surface area contributed by atoms with E-state index in [0.29, 0.717) is 31.1 Å². The Balaban J connectivity index is 1.53. The fourth-order valence-corrected chi connectivity index (χ4v) is 3.92. The van der Waals surface area contributed by atoms with Crippen LogP contribution >= 0.6 is 11.6 Å². The van der Waals surface area contributed by atoms with E-state index in [0.717, 1.165) is 36.3 Å². The van der Waals surface area contributed by atoms with Gasteiger partial charge in [0.05, 0.1) is 5.69 Å². The van der Waals surface area contributed by atoms with Gasteiger partial charge in [0.1, 0.15) is 5.15 Å². The van der Waals surface area contributed by atoms with Gasteiger partial charge in [-0.2, -0.15) is 5.10 Å². The third-order valence-electron chi connectivity index (χ3n) is 5.44. The van der Waals surface area contributed by atoms with Gasteiger partial charge >= 0.3 is 0 Å². The van der Waals surface area contributed by atoms with Gasteiger partial charge in [0.15, 0.2) is 0 Å². The van der Waals surface area contributed by atoms with E-state index in [4.69, 9.17) is 11.6 Å². The molecule has 0 aliphatic carbocycles. The molecule has 160 valence electrons. The Morgan fingerprint density at radius 1 is 1.23 bits per heavy atom. The highest BCUT2D eigenvalue weighted by Crippen LogP contribution is 2.23. The van der Waals surface area contributed by atoms with E-state index in [1.54, 1.807) is 21.7 Å². The van der Waals surface area contributed by atoms with Gasteiger partial charge in [-0.15, -0.1) is 0 Å². The zero-order chi connectivity index (χ0) is 21.5. The van der Waals surface area contributed by atoms with Crippen LogP contribution in [0.2, 0.25) is 5.15 Å². The number of nitrogens with one attached hydrogen (secondary N) is 1. The summed E-state index contributed by atoms with van der Waals surface area (Å²) < 4.78 is 1.79. The standard InChI is InChI=1S/C23H29ClN4O2/c1-3-4-14-28-22(24)20(17(2)26-28)10-11-21(29)27-15-12-18(13-16-27)23(30)25-19-8-6-5-7-9-19/h5-11,18H,3-4,12-16H2,1-2H3,(H,25,30)/b11-10+. The van der Waals surface area contributed by atoms with Crippen LogP contribution in [0.25, 0.3) is 6.08 Å². The van der Waals surface area contributed by atoms with Gasteiger partial charge in [-0.1, -0.05) is 43.1 Å². The lowest BCUT2D eigenvalue weighted by Crippen LogP contribution is -2.40. The van der Waals surface area contributed by atoms with E-state index in [9.17, 15) is 9.59 Å². The summed E-state index contributed by atoms with van der Waals surface area (Å²) in [6.07, 6.45) is 6.71. The van der Waals surface area contributed by atoms with Crippen molar-refractivity contribution in [1.82, 2.24) is 14.7 Å². The predicted molar refractivity (Wildman–Crippen MR) is 120 cm³/mol. The molecule has 1 aliphatic rings. The number of unbranched alkanes of at least 4 members (excludes halogenated alkanes) is 1. The van der Waals surface area contributed by atoms with E-state index in [1.807, 2.05) is 37.3 Å². The summed E-state index contributed by atoms with van der Waals surface area (Å²) in [5, 5.41) is 7.99. The molecule has 0 atom stereocenters. The molecule has 1 aromatic carbocycles. The first-order valence-electron chi connectivity index (χ1n) is 10.6. The molecule has 2 aromatic rings. The van der Waals surface area contributed by atoms with Gasteiger partial charge in [0.2, 0.25) is 11.8 Å². The van der Waals surface area contributed by atoms with Crippen molar-refractivity contribution in [2.24, 2.45) is 5.92 Å². The van der Waals surface area contributed by atoms with Crippen molar-refractivity contribution in [3.05, 3.63) is 52.8 Å². The minimum Gasteiger partial charge on any atom is -0.339 e. The first-order chi connectivity index (χ1) is 14.5. The Bertz CT molecular complexity index is 899. The molecule has 0 saturated carbocycles. The lowest BCUT2D eigenvalue weighted by Gasteiger charge is -2.30. The first-order valence-corrected chi connectivity index (χ1v) is 10.9. The SMILES string of the molecule is CCCCn1nc(C)c(/C=C/C(=O)N2CCC(C(=O)Nc3ccccc3)CC2)c1Cl. The normalized spacial score (nSPS) is 15.0. The second kappa shape index (κ2) is 10.4. The number of carbonyl (C=O) groups is 2. The number of piperidine rings is 1. The molecule has 1 aliphatic heterocycles. The van der Waals surface area contributed by atoms with Crippen LogP contribution < -0.4 is 5.32 Å². The highest BCUT2D eigenvalue weighted by atomic mass is 35.5. The summed E-state index contributed by atoms with van der Waals surface area (Å²) in [6.45, 7) is 5.93. The van der Waals surface area contributed by atoms with Crippen LogP contribution in [-0.2, 0) is 16.1 Å². The molecule has 7 heteroatoms. The number of hydrogen-bond acceptors (Lipinski definition) is 3. The van der Waals surface area contributed by atoms with Crippen molar-refractivity contribution in [1.29, 1.82) is 0 Å². The Morgan fingerprint density at radius 2 is 1.93 bits per heavy atom. The molecule has 1 fully saturated rings. The Hall–Kier alpha value is -2.60. The van der Waals surface area contributed by atoms with Crippen LogP contribution in [0, 0.1) is 12.8 Å². The number of likely N-dealkylation sites (tertiary alicyclic amines) is 1. The highest BCUT2D eigenvalue weighted by Gasteiger charge is 2.26. The zero-order valence-electron chi connectivity index (χ0n) is 17.6. The maximum atomic E-state index is 12.6. The molecule has 6 nitrogen and oxygen atoms in total. The van der Waals surface area contributed by atoms with Crippen LogP contribution in [0.1, 0.15) is 43.9 Å². The van der Waals surface area contributed by atoms with E-state index >= 15 is 0 Å². The molecule has 30 heavy (non-hydrogen) atoms. The number of amides is 2. The molecule has 1 saturated heterocycles. The zero-order valence-corrected chi connectivity index (χ0v) is 18.4. The van der Waals surface area contributed by atoms with Crippen LogP contribution in [-0.4, -0.2) is 39.6 Å². The summed E-state index contributed by atoms with van der Waals surface area (Å²) in [6, 6.07) is 9.45. The maximum Gasteiger partial charge on any atom is 0.246 e. The Morgan fingerprint density at radius 3 is 2.60 bits per heavy atom. The molecule has 2 amide bonds. The maximum absolute atomic E-state index is 12.6. The number of nitrogens with zero attached hydrogens (tertiary/aromatic N) is 3. The second-order valence-corrected chi connectivity index (χ2v) is 8.01. The first kappa shape index (κ1) is 22.1. The average Bonchev–Trinajstić information content (AvgIpc) is 3.03. The molecule has 0 bridgehead atoms. The number of aryl methyl sites for hydroxylation is 2. The summed E-state index contributed by atoms with van der Waals surface area (Å²) in [4.78, 5) is 26.8. The topological polar surface area (TPSA) is 67.2 Å². The van der Waals surface area contributed by atoms with Gasteiger partial charge in [0.25, 0.3) is 0 Å². The van der Waals surface area contributed by atoms with Gasteiger partial charge in [-0.05, 0) is 44.4 Å². The monoisotopic (exact) mass is 428 g/mol. The minimum absolute atomic E-state index is 0.0192. The van der Waals surface area contributed by atoms with E-state index in [-0.39, 0.29) is 17.7 Å². The van der Waals surface area contributed by atoms with Crippen molar-refractivity contribution in [3.8, 4) is 0 Å². The van der Waals surface area contributed by atoms with E-state index in [1.165, 1.54) is 0 Å². The van der Waals surface area contributed by atoms with E-state index in [2.05, 4.69) is 17.3 Å². The van der Waals surface area contributed by atoms with Crippen molar-refractivity contribution in [2.45, 2.75) is 46.1 Å². The number of aromatic nitrogens is 2. The molecular formula is C23H29ClN4O2. The number of hydrogen-bond donors (Lipinski definition) is 1. The fraction of sp³-hybridized carbons (Fsp3) is 0.435.